The van der Waals surface area contributed by atoms with Crippen molar-refractivity contribution in [1.29, 1.82) is 0 Å². The minimum atomic E-state index is -0.307. The zero-order valence-corrected chi connectivity index (χ0v) is 9.41. The first-order chi connectivity index (χ1) is 7.58. The Morgan fingerprint density at radius 2 is 2.25 bits per heavy atom. The molecule has 16 heavy (non-hydrogen) atoms. The van der Waals surface area contributed by atoms with Crippen LogP contribution in [0.3, 0.4) is 0 Å². The topological polar surface area (TPSA) is 49.5 Å². The molecular weight excluding hydrogens is 207 g/mol. The Balaban J connectivity index is 2.29. The van der Waals surface area contributed by atoms with E-state index in [1.807, 2.05) is 4.90 Å². The fourth-order valence-electron chi connectivity index (χ4n) is 2.13. The Morgan fingerprint density at radius 3 is 2.94 bits per heavy atom. The first-order valence-electron chi connectivity index (χ1n) is 5.56. The molecule has 1 aliphatic rings. The Morgan fingerprint density at radius 1 is 1.50 bits per heavy atom. The number of piperidine rings is 1. The van der Waals surface area contributed by atoms with Gasteiger partial charge >= 0.3 is 0 Å². The Labute approximate surface area is 94.7 Å². The van der Waals surface area contributed by atoms with Gasteiger partial charge in [-0.05, 0) is 37.5 Å². The highest BCUT2D eigenvalue weighted by Gasteiger charge is 2.20. The summed E-state index contributed by atoms with van der Waals surface area (Å²) in [7, 11) is 0. The Bertz CT molecular complexity index is 395. The number of nitrogen functional groups attached to an aromatic ring is 1. The van der Waals surface area contributed by atoms with Gasteiger partial charge in [0.2, 0.25) is 0 Å². The number of aliphatic hydroxyl groups excluding tert-OH is 1. The van der Waals surface area contributed by atoms with Gasteiger partial charge in [0.25, 0.3) is 0 Å². The molecule has 0 bridgehead atoms. The van der Waals surface area contributed by atoms with Gasteiger partial charge in [-0.15, -0.1) is 0 Å². The monoisotopic (exact) mass is 224 g/mol. The zero-order chi connectivity index (χ0) is 11.7. The van der Waals surface area contributed by atoms with Crippen molar-refractivity contribution in [3.8, 4) is 0 Å². The molecule has 1 heterocycles. The SMILES string of the molecule is Cc1cc(N2CCCC(O)C2)c(N)cc1F. The van der Waals surface area contributed by atoms with Gasteiger partial charge in [0.15, 0.2) is 0 Å². The lowest BCUT2D eigenvalue weighted by molar-refractivity contribution is 0.154. The number of hydrogen-bond acceptors (Lipinski definition) is 3. The summed E-state index contributed by atoms with van der Waals surface area (Å²) in [6.07, 6.45) is 1.46. The predicted molar refractivity (Wildman–Crippen MR) is 63.0 cm³/mol. The normalized spacial score (nSPS) is 21.2. The van der Waals surface area contributed by atoms with E-state index in [2.05, 4.69) is 0 Å². The van der Waals surface area contributed by atoms with E-state index in [0.717, 1.165) is 25.1 Å². The second-order valence-electron chi connectivity index (χ2n) is 4.40. The van der Waals surface area contributed by atoms with Crippen LogP contribution in [0.5, 0.6) is 0 Å². The number of aryl methyl sites for hydroxylation is 1. The smallest absolute Gasteiger partial charge is 0.128 e. The Kier molecular flexibility index (Phi) is 3.01. The molecule has 0 aliphatic carbocycles. The van der Waals surface area contributed by atoms with E-state index in [-0.39, 0.29) is 11.9 Å². The summed E-state index contributed by atoms with van der Waals surface area (Å²) >= 11 is 0. The lowest BCUT2D eigenvalue weighted by Gasteiger charge is -2.33. The molecule has 88 valence electrons. The third kappa shape index (κ3) is 2.11. The van der Waals surface area contributed by atoms with Gasteiger partial charge in [0.1, 0.15) is 5.82 Å². The van der Waals surface area contributed by atoms with Crippen molar-refractivity contribution >= 4 is 11.4 Å². The van der Waals surface area contributed by atoms with Crippen LogP contribution in [0.15, 0.2) is 12.1 Å². The van der Waals surface area contributed by atoms with Gasteiger partial charge in [-0.3, -0.25) is 0 Å². The molecule has 0 spiro atoms. The lowest BCUT2D eigenvalue weighted by atomic mass is 10.1. The molecule has 1 unspecified atom stereocenters. The fourth-order valence-corrected chi connectivity index (χ4v) is 2.13. The van der Waals surface area contributed by atoms with Crippen molar-refractivity contribution in [2.75, 3.05) is 23.7 Å². The number of nitrogens with zero attached hydrogens (tertiary/aromatic N) is 1. The van der Waals surface area contributed by atoms with E-state index in [9.17, 15) is 9.50 Å². The average Bonchev–Trinajstić information content (AvgIpc) is 2.23. The number of aliphatic hydroxyl groups is 1. The lowest BCUT2D eigenvalue weighted by Crippen LogP contribution is -2.38. The summed E-state index contributed by atoms with van der Waals surface area (Å²) in [5.74, 6) is -0.279. The molecule has 3 N–H and O–H groups in total. The van der Waals surface area contributed by atoms with Crippen LogP contribution in [0.1, 0.15) is 18.4 Å². The molecule has 0 aromatic heterocycles. The number of hydrogen-bond donors (Lipinski definition) is 2. The number of anilines is 2. The third-order valence-corrected chi connectivity index (χ3v) is 3.05. The first-order valence-corrected chi connectivity index (χ1v) is 5.56. The quantitative estimate of drug-likeness (QED) is 0.713. The summed E-state index contributed by atoms with van der Waals surface area (Å²) in [5, 5.41) is 9.60. The molecule has 1 aromatic rings. The van der Waals surface area contributed by atoms with Gasteiger partial charge in [0.05, 0.1) is 17.5 Å². The molecule has 1 atom stereocenters. The van der Waals surface area contributed by atoms with Crippen molar-refractivity contribution in [1.82, 2.24) is 0 Å². The average molecular weight is 224 g/mol. The standard InChI is InChI=1S/C12H17FN2O/c1-8-5-12(11(14)6-10(8)13)15-4-2-3-9(16)7-15/h5-6,9,16H,2-4,7,14H2,1H3. The molecule has 1 saturated heterocycles. The van der Waals surface area contributed by atoms with Gasteiger partial charge in [0, 0.05) is 13.1 Å². The maximum atomic E-state index is 13.3. The minimum Gasteiger partial charge on any atom is -0.397 e. The molecule has 1 aromatic carbocycles. The van der Waals surface area contributed by atoms with Gasteiger partial charge in [-0.25, -0.2) is 4.39 Å². The number of rotatable bonds is 1. The van der Waals surface area contributed by atoms with Crippen LogP contribution in [0, 0.1) is 12.7 Å². The van der Waals surface area contributed by atoms with Crippen LogP contribution < -0.4 is 10.6 Å². The maximum absolute atomic E-state index is 13.3. The number of nitrogens with two attached hydrogens (primary N) is 1. The van der Waals surface area contributed by atoms with E-state index in [1.165, 1.54) is 6.07 Å². The fraction of sp³-hybridized carbons (Fsp3) is 0.500. The van der Waals surface area contributed by atoms with E-state index in [4.69, 9.17) is 5.73 Å². The molecule has 0 saturated carbocycles. The van der Waals surface area contributed by atoms with E-state index in [1.54, 1.807) is 13.0 Å². The molecule has 3 nitrogen and oxygen atoms in total. The van der Waals surface area contributed by atoms with Crippen molar-refractivity contribution in [2.24, 2.45) is 0 Å². The second-order valence-corrected chi connectivity index (χ2v) is 4.40. The largest absolute Gasteiger partial charge is 0.397 e. The number of β-amino-alcohol motifs (C(OH)–C–C–N with tert-alkyl or cyclic N) is 1. The summed E-state index contributed by atoms with van der Waals surface area (Å²) < 4.78 is 13.3. The van der Waals surface area contributed by atoms with Crippen molar-refractivity contribution < 1.29 is 9.50 Å². The van der Waals surface area contributed by atoms with Gasteiger partial charge in [-0.2, -0.15) is 0 Å². The molecular formula is C12H17FN2O. The van der Waals surface area contributed by atoms with E-state index in [0.29, 0.717) is 17.8 Å². The number of benzene rings is 1. The second kappa shape index (κ2) is 4.29. The van der Waals surface area contributed by atoms with Crippen LogP contribution in [0.25, 0.3) is 0 Å². The van der Waals surface area contributed by atoms with Gasteiger partial charge < -0.3 is 15.7 Å². The van der Waals surface area contributed by atoms with Crippen molar-refractivity contribution in [3.05, 3.63) is 23.5 Å². The van der Waals surface area contributed by atoms with Gasteiger partial charge in [-0.1, -0.05) is 0 Å². The zero-order valence-electron chi connectivity index (χ0n) is 9.41. The van der Waals surface area contributed by atoms with Crippen molar-refractivity contribution in [2.45, 2.75) is 25.9 Å². The predicted octanol–water partition coefficient (Wildman–Crippen LogP) is 1.68. The van der Waals surface area contributed by atoms with E-state index >= 15 is 0 Å². The van der Waals surface area contributed by atoms with Crippen LogP contribution in [0.2, 0.25) is 0 Å². The maximum Gasteiger partial charge on any atom is 0.128 e. The van der Waals surface area contributed by atoms with E-state index < -0.39 is 0 Å². The first kappa shape index (κ1) is 11.2. The molecule has 4 heteroatoms. The third-order valence-electron chi connectivity index (χ3n) is 3.05. The molecule has 1 aliphatic heterocycles. The summed E-state index contributed by atoms with van der Waals surface area (Å²) in [4.78, 5) is 2.02. The van der Waals surface area contributed by atoms with Crippen LogP contribution >= 0.6 is 0 Å². The molecule has 1 fully saturated rings. The van der Waals surface area contributed by atoms with Crippen LogP contribution in [-0.2, 0) is 0 Å². The molecule has 0 amide bonds. The minimum absolute atomic E-state index is 0.279. The molecule has 0 radical (unpaired) electrons. The molecule has 2 rings (SSSR count). The summed E-state index contributed by atoms with van der Waals surface area (Å²) in [6.45, 7) is 3.17. The highest BCUT2D eigenvalue weighted by Crippen LogP contribution is 2.28. The highest BCUT2D eigenvalue weighted by atomic mass is 19.1. The number of halogens is 1. The summed E-state index contributed by atoms with van der Waals surface area (Å²) in [5.41, 5.74) is 7.66. The summed E-state index contributed by atoms with van der Waals surface area (Å²) in [6, 6.07) is 3.11. The van der Waals surface area contributed by atoms with Crippen LogP contribution in [-0.4, -0.2) is 24.3 Å². The van der Waals surface area contributed by atoms with Crippen molar-refractivity contribution in [3.63, 3.8) is 0 Å². The highest BCUT2D eigenvalue weighted by molar-refractivity contribution is 5.69. The van der Waals surface area contributed by atoms with Crippen LogP contribution in [0.4, 0.5) is 15.8 Å². The Hall–Kier alpha value is -1.29.